The van der Waals surface area contributed by atoms with Gasteiger partial charge in [-0.1, -0.05) is 106 Å². The maximum Gasteiger partial charge on any atom is 0.340 e. The molecule has 0 saturated heterocycles. The third-order valence-electron chi connectivity index (χ3n) is 9.34. The molecule has 0 aliphatic carbocycles. The fourth-order valence-electron chi connectivity index (χ4n) is 6.70. The predicted molar refractivity (Wildman–Crippen MR) is 213 cm³/mol. The van der Waals surface area contributed by atoms with E-state index < -0.39 is 21.7 Å². The normalized spacial score (nSPS) is 11.8. The Hall–Kier alpha value is -6.13. The number of aromatic hydroxyl groups is 1. The van der Waals surface area contributed by atoms with E-state index in [1.165, 1.54) is 16.8 Å². The van der Waals surface area contributed by atoms with E-state index in [1.807, 2.05) is 67.6 Å². The quantitative estimate of drug-likeness (QED) is 0.0551. The van der Waals surface area contributed by atoms with Gasteiger partial charge in [0.05, 0.1) is 5.56 Å². The molecule has 0 radical (unpaired) electrons. The number of fused-ring (bicyclic) bond motifs is 3. The molecule has 6 aromatic rings. The maximum absolute atomic E-state index is 13.9. The fourth-order valence-corrected chi connectivity index (χ4v) is 8.09. The summed E-state index contributed by atoms with van der Waals surface area (Å²) in [6.07, 6.45) is 5.13. The summed E-state index contributed by atoms with van der Waals surface area (Å²) in [5, 5.41) is 15.3. The van der Waals surface area contributed by atoms with Crippen LogP contribution >= 0.6 is 0 Å². The number of anilines is 2. The van der Waals surface area contributed by atoms with Crippen LogP contribution in [0.3, 0.4) is 0 Å². The number of carbonyl (C=O) groups excluding carboxylic acids is 2. The van der Waals surface area contributed by atoms with Crippen molar-refractivity contribution in [3.63, 3.8) is 0 Å². The molecule has 54 heavy (non-hydrogen) atoms. The topological polar surface area (TPSA) is 135 Å². The van der Waals surface area contributed by atoms with Crippen molar-refractivity contribution in [3.8, 4) is 11.5 Å². The zero-order chi connectivity index (χ0) is 38.2. The van der Waals surface area contributed by atoms with Crippen LogP contribution in [0.5, 0.6) is 11.5 Å². The first kappa shape index (κ1) is 37.6. The van der Waals surface area contributed by atoms with E-state index in [0.29, 0.717) is 35.6 Å². The fraction of sp³-hybridized carbons (Fsp3) is 0.182. The van der Waals surface area contributed by atoms with Crippen molar-refractivity contribution in [3.05, 3.63) is 155 Å². The van der Waals surface area contributed by atoms with E-state index in [0.717, 1.165) is 65.4 Å². The first-order valence-corrected chi connectivity index (χ1v) is 19.4. The summed E-state index contributed by atoms with van der Waals surface area (Å²) < 4.78 is 34.4. The molecule has 0 saturated carbocycles. The first-order chi connectivity index (χ1) is 26.2. The molecule has 0 atom stereocenters. The smallest absolute Gasteiger partial charge is 0.340 e. The van der Waals surface area contributed by atoms with Crippen LogP contribution in [0.15, 0.2) is 126 Å². The first-order valence-electron chi connectivity index (χ1n) is 18.0. The Balaban J connectivity index is 0.000000273. The molecule has 0 aromatic heterocycles. The summed E-state index contributed by atoms with van der Waals surface area (Å²) in [6, 6.07) is 34.9. The molecule has 1 heterocycles. The van der Waals surface area contributed by atoms with Gasteiger partial charge < -0.3 is 20.1 Å². The van der Waals surface area contributed by atoms with E-state index in [-0.39, 0.29) is 21.8 Å². The van der Waals surface area contributed by atoms with Crippen molar-refractivity contribution in [2.24, 2.45) is 0 Å². The molecule has 7 rings (SSSR count). The van der Waals surface area contributed by atoms with Gasteiger partial charge in [0.15, 0.2) is 12.1 Å². The highest BCUT2D eigenvalue weighted by Gasteiger charge is 2.30. The largest absolute Gasteiger partial charge is 0.507 e. The number of aryl methyl sites for hydroxylation is 1. The molecule has 0 fully saturated rings. The summed E-state index contributed by atoms with van der Waals surface area (Å²) in [5.74, 6) is -0.957. The molecular formula is C44H41N3O6S. The lowest BCUT2D eigenvalue weighted by Gasteiger charge is -2.21. The van der Waals surface area contributed by atoms with Gasteiger partial charge in [-0.3, -0.25) is 9.59 Å². The Morgan fingerprint density at radius 1 is 0.759 bits per heavy atom. The number of para-hydroxylation sites is 4. The Morgan fingerprint density at radius 3 is 1.91 bits per heavy atom. The predicted octanol–water partition coefficient (Wildman–Crippen LogP) is 10.6. The number of unbranched alkanes of at least 4 members (excludes halogenated alkanes) is 2. The SMILES string of the molecule is CCCCc1c(S(=O)(=O)Oc2ccc(C(=O)c3ccccc3)c(O)c2)c(C=O)c2ccccc2c1CCCC.[N-]=[N+]1c2ccccc2Nc2ccccc21. The second-order valence-electron chi connectivity index (χ2n) is 13.0. The second-order valence-corrected chi connectivity index (χ2v) is 14.4. The van der Waals surface area contributed by atoms with Crippen molar-refractivity contribution < 1.29 is 27.3 Å². The van der Waals surface area contributed by atoms with Crippen LogP contribution in [0.2, 0.25) is 0 Å². The molecule has 9 nitrogen and oxygen atoms in total. The molecular weight excluding hydrogens is 699 g/mol. The van der Waals surface area contributed by atoms with E-state index in [2.05, 4.69) is 12.2 Å². The van der Waals surface area contributed by atoms with Gasteiger partial charge in [0, 0.05) is 29.3 Å². The second kappa shape index (κ2) is 16.7. The number of phenolic OH excluding ortho intramolecular Hbond substituents is 1. The number of rotatable bonds is 12. The molecule has 1 aliphatic heterocycles. The van der Waals surface area contributed by atoms with Crippen molar-refractivity contribution in [1.82, 2.24) is 4.70 Å². The molecule has 2 N–H and O–H groups in total. The number of nitrogens with one attached hydrogen (secondary N) is 1. The molecule has 0 unspecified atom stereocenters. The number of hydrogen-bond donors (Lipinski definition) is 2. The van der Waals surface area contributed by atoms with Gasteiger partial charge >= 0.3 is 10.1 Å². The van der Waals surface area contributed by atoms with E-state index in [1.54, 1.807) is 42.5 Å². The Bertz CT molecular complexity index is 2420. The maximum atomic E-state index is 13.9. The van der Waals surface area contributed by atoms with E-state index >= 15 is 0 Å². The lowest BCUT2D eigenvalue weighted by molar-refractivity contribution is 0.103. The standard InChI is InChI=1S/C32H32O6S.C12H9N3/c1-3-5-14-25-24-16-10-11-17-26(24)29(21-33)32(27(25)15-6-4-2)39(36,37)38-23-18-19-28(30(34)20-23)31(35)22-12-8-7-9-13-22;13-15-11-7-3-1-5-9(11)14-10-6-2-4-8-12(10)15/h7-13,16-21,34H,3-6,14-15H2,1-2H3;1-8,14H. The Kier molecular flexibility index (Phi) is 11.6. The summed E-state index contributed by atoms with van der Waals surface area (Å²) in [7, 11) is -4.49. The molecule has 6 aromatic carbocycles. The van der Waals surface area contributed by atoms with Gasteiger partial charge in [-0.15, -0.1) is 0 Å². The number of ketones is 1. The van der Waals surface area contributed by atoms with Crippen LogP contribution in [0, 0.1) is 0 Å². The van der Waals surface area contributed by atoms with Crippen LogP contribution in [0.1, 0.15) is 76.9 Å². The summed E-state index contributed by atoms with van der Waals surface area (Å²) >= 11 is 0. The number of nitrogens with zero attached hydrogens (tertiary/aromatic N) is 2. The molecule has 10 heteroatoms. The van der Waals surface area contributed by atoms with Gasteiger partial charge in [0.1, 0.15) is 27.8 Å². The summed E-state index contributed by atoms with van der Waals surface area (Å²) in [4.78, 5) is 25.1. The molecule has 1 aliphatic rings. The highest BCUT2D eigenvalue weighted by atomic mass is 32.2. The average molecular weight is 740 g/mol. The molecule has 0 amide bonds. The third-order valence-corrected chi connectivity index (χ3v) is 10.7. The van der Waals surface area contributed by atoms with E-state index in [4.69, 9.17) is 4.18 Å². The van der Waals surface area contributed by atoms with E-state index in [9.17, 15) is 28.6 Å². The highest BCUT2D eigenvalue weighted by molar-refractivity contribution is 7.87. The third kappa shape index (κ3) is 7.79. The van der Waals surface area contributed by atoms with Crippen LogP contribution in [-0.4, -0.2) is 25.6 Å². The van der Waals surface area contributed by atoms with Gasteiger partial charge in [-0.25, -0.2) is 4.70 Å². The Labute approximate surface area is 315 Å². The zero-order valence-electron chi connectivity index (χ0n) is 30.2. The van der Waals surface area contributed by atoms with Crippen LogP contribution in [0.4, 0.5) is 22.7 Å². The van der Waals surface area contributed by atoms with Crippen molar-refractivity contribution >= 4 is 55.7 Å². The lowest BCUT2D eigenvalue weighted by Crippen LogP contribution is -2.17. The van der Waals surface area contributed by atoms with Gasteiger partial charge in [-0.05, 0) is 71.8 Å². The van der Waals surface area contributed by atoms with Crippen LogP contribution < -0.4 is 14.2 Å². The molecule has 0 spiro atoms. The number of aldehydes is 1. The Morgan fingerprint density at radius 2 is 1.31 bits per heavy atom. The number of phenols is 1. The highest BCUT2D eigenvalue weighted by Crippen LogP contribution is 2.40. The van der Waals surface area contributed by atoms with Crippen molar-refractivity contribution in [2.75, 3.05) is 5.32 Å². The minimum Gasteiger partial charge on any atom is -0.507 e. The van der Waals surface area contributed by atoms with Gasteiger partial charge in [0.25, 0.3) is 0 Å². The summed E-state index contributed by atoms with van der Waals surface area (Å²) in [6.45, 7) is 4.10. The number of carbonyl (C=O) groups is 2. The number of benzene rings is 6. The molecule has 274 valence electrons. The van der Waals surface area contributed by atoms with Crippen molar-refractivity contribution in [1.29, 1.82) is 0 Å². The average Bonchev–Trinajstić information content (AvgIpc) is 3.19. The van der Waals surface area contributed by atoms with Crippen molar-refractivity contribution in [2.45, 2.75) is 57.3 Å². The lowest BCUT2D eigenvalue weighted by atomic mass is 9.89. The monoisotopic (exact) mass is 739 g/mol. The van der Waals surface area contributed by atoms with Crippen LogP contribution in [0.25, 0.3) is 16.3 Å². The van der Waals surface area contributed by atoms with Gasteiger partial charge in [0.2, 0.25) is 11.4 Å². The molecule has 0 bridgehead atoms. The minimum atomic E-state index is -4.49. The minimum absolute atomic E-state index is 0.0238. The zero-order valence-corrected chi connectivity index (χ0v) is 31.0. The van der Waals surface area contributed by atoms with Crippen LogP contribution in [-0.2, 0) is 23.0 Å². The summed E-state index contributed by atoms with van der Waals surface area (Å²) in [5.41, 5.74) is 15.4. The van der Waals surface area contributed by atoms with Gasteiger partial charge in [-0.2, -0.15) is 8.42 Å². The number of hydrogen-bond acceptors (Lipinski definition) is 7.